The second-order valence-electron chi connectivity index (χ2n) is 3.14. The van der Waals surface area contributed by atoms with Crippen molar-refractivity contribution in [1.29, 1.82) is 0 Å². The van der Waals surface area contributed by atoms with Crippen molar-refractivity contribution in [3.05, 3.63) is 34.6 Å². The van der Waals surface area contributed by atoms with Crippen LogP contribution in [0.4, 0.5) is 4.39 Å². The van der Waals surface area contributed by atoms with Gasteiger partial charge >= 0.3 is 0 Å². The van der Waals surface area contributed by atoms with Gasteiger partial charge in [-0.25, -0.2) is 4.39 Å². The van der Waals surface area contributed by atoms with Crippen molar-refractivity contribution in [2.45, 2.75) is 25.5 Å². The molecule has 1 rings (SSSR count). The summed E-state index contributed by atoms with van der Waals surface area (Å²) in [4.78, 5) is 0. The van der Waals surface area contributed by atoms with Crippen LogP contribution in [0.5, 0.6) is 0 Å². The number of hydrogen-bond donors (Lipinski definition) is 2. The molecule has 2 atom stereocenters. The van der Waals surface area contributed by atoms with E-state index in [4.69, 9.17) is 17.3 Å². The molecule has 0 aliphatic carbocycles. The first-order valence-electron chi connectivity index (χ1n) is 4.45. The fourth-order valence-electron chi connectivity index (χ4n) is 1.24. The lowest BCUT2D eigenvalue weighted by Crippen LogP contribution is -2.26. The lowest BCUT2D eigenvalue weighted by atomic mass is 10.0. The Morgan fingerprint density at radius 3 is 2.67 bits per heavy atom. The van der Waals surface area contributed by atoms with Gasteiger partial charge in [0.05, 0.1) is 17.2 Å². The second-order valence-corrected chi connectivity index (χ2v) is 3.55. The summed E-state index contributed by atoms with van der Waals surface area (Å²) in [6, 6.07) is 3.87. The van der Waals surface area contributed by atoms with E-state index in [1.807, 2.05) is 0 Å². The monoisotopic (exact) mass is 253 g/mol. The van der Waals surface area contributed by atoms with Gasteiger partial charge in [-0.15, -0.1) is 12.4 Å². The Balaban J connectivity index is 0.00000196. The summed E-state index contributed by atoms with van der Waals surface area (Å²) in [5, 5.41) is 9.49. The van der Waals surface area contributed by atoms with Gasteiger partial charge < -0.3 is 10.8 Å². The van der Waals surface area contributed by atoms with E-state index in [0.717, 1.165) is 0 Å². The Bertz CT molecular complexity index is 322. The van der Waals surface area contributed by atoms with Crippen LogP contribution in [0.3, 0.4) is 0 Å². The molecule has 0 bridgehead atoms. The molecule has 0 fully saturated rings. The molecular weight excluding hydrogens is 240 g/mol. The summed E-state index contributed by atoms with van der Waals surface area (Å²) in [7, 11) is 0. The topological polar surface area (TPSA) is 46.2 Å². The summed E-state index contributed by atoms with van der Waals surface area (Å²) in [6.45, 7) is 1.78. The molecule has 5 heteroatoms. The third kappa shape index (κ3) is 3.31. The summed E-state index contributed by atoms with van der Waals surface area (Å²) in [6.07, 6.45) is -0.268. The van der Waals surface area contributed by atoms with E-state index in [2.05, 4.69) is 0 Å². The lowest BCUT2D eigenvalue weighted by molar-refractivity contribution is 0.139. The zero-order valence-electron chi connectivity index (χ0n) is 8.28. The third-order valence-electron chi connectivity index (χ3n) is 2.17. The van der Waals surface area contributed by atoms with Crippen LogP contribution >= 0.6 is 24.0 Å². The predicted molar refractivity (Wildman–Crippen MR) is 61.9 cm³/mol. The van der Waals surface area contributed by atoms with E-state index in [-0.39, 0.29) is 23.0 Å². The maximum atomic E-state index is 13.4. The molecule has 0 aliphatic heterocycles. The van der Waals surface area contributed by atoms with Crippen LogP contribution in [0.2, 0.25) is 5.02 Å². The van der Waals surface area contributed by atoms with E-state index < -0.39 is 18.0 Å². The summed E-state index contributed by atoms with van der Waals surface area (Å²) in [5.41, 5.74) is 5.93. The summed E-state index contributed by atoms with van der Waals surface area (Å²) < 4.78 is 13.4. The SMILES string of the molecule is CC[C@H](O)[C@H](N)c1cccc(Cl)c1F.Cl. The van der Waals surface area contributed by atoms with Crippen LogP contribution in [-0.4, -0.2) is 11.2 Å². The molecule has 0 unspecified atom stereocenters. The first-order chi connectivity index (χ1) is 6.57. The lowest BCUT2D eigenvalue weighted by Gasteiger charge is -2.18. The second kappa shape index (κ2) is 6.28. The first kappa shape index (κ1) is 14.6. The molecule has 0 heterocycles. The van der Waals surface area contributed by atoms with Crippen LogP contribution < -0.4 is 5.73 Å². The number of hydrogen-bond acceptors (Lipinski definition) is 2. The number of aliphatic hydroxyl groups excluding tert-OH is 1. The van der Waals surface area contributed by atoms with Crippen LogP contribution in [0.15, 0.2) is 18.2 Å². The number of nitrogens with two attached hydrogens (primary N) is 1. The van der Waals surface area contributed by atoms with Gasteiger partial charge in [0.2, 0.25) is 0 Å². The molecule has 0 aromatic heterocycles. The summed E-state index contributed by atoms with van der Waals surface area (Å²) in [5.74, 6) is -0.547. The van der Waals surface area contributed by atoms with Crippen molar-refractivity contribution in [3.8, 4) is 0 Å². The minimum atomic E-state index is -0.747. The molecule has 2 nitrogen and oxygen atoms in total. The molecule has 0 radical (unpaired) electrons. The minimum Gasteiger partial charge on any atom is -0.391 e. The zero-order chi connectivity index (χ0) is 10.7. The van der Waals surface area contributed by atoms with Crippen LogP contribution in [0.1, 0.15) is 24.9 Å². The van der Waals surface area contributed by atoms with Crippen LogP contribution in [0, 0.1) is 5.82 Å². The highest BCUT2D eigenvalue weighted by Gasteiger charge is 2.19. The first-order valence-corrected chi connectivity index (χ1v) is 4.83. The fourth-order valence-corrected chi connectivity index (χ4v) is 1.42. The Morgan fingerprint density at radius 2 is 2.13 bits per heavy atom. The van der Waals surface area contributed by atoms with Gasteiger partial charge in [0, 0.05) is 5.56 Å². The molecule has 0 aliphatic rings. The molecule has 1 aromatic rings. The number of halogens is 3. The van der Waals surface area contributed by atoms with Crippen molar-refractivity contribution in [2.75, 3.05) is 0 Å². The fraction of sp³-hybridized carbons (Fsp3) is 0.400. The minimum absolute atomic E-state index is 0. The molecule has 15 heavy (non-hydrogen) atoms. The van der Waals surface area contributed by atoms with Crippen LogP contribution in [-0.2, 0) is 0 Å². The molecule has 86 valence electrons. The van der Waals surface area contributed by atoms with Gasteiger partial charge in [-0.2, -0.15) is 0 Å². The van der Waals surface area contributed by atoms with Gasteiger partial charge in [-0.1, -0.05) is 30.7 Å². The molecule has 0 saturated heterocycles. The Kier molecular flexibility index (Phi) is 6.13. The van der Waals surface area contributed by atoms with E-state index in [1.54, 1.807) is 13.0 Å². The number of benzene rings is 1. The molecule has 3 N–H and O–H groups in total. The van der Waals surface area contributed by atoms with Gasteiger partial charge in [0.25, 0.3) is 0 Å². The highest BCUT2D eigenvalue weighted by molar-refractivity contribution is 6.30. The zero-order valence-corrected chi connectivity index (χ0v) is 9.86. The molecule has 1 aromatic carbocycles. The smallest absolute Gasteiger partial charge is 0.146 e. The molecular formula is C10H14Cl2FNO. The predicted octanol–water partition coefficient (Wildman–Crippen LogP) is 2.67. The van der Waals surface area contributed by atoms with E-state index in [0.29, 0.717) is 6.42 Å². The normalized spacial score (nSPS) is 14.2. The van der Waals surface area contributed by atoms with E-state index >= 15 is 0 Å². The molecule has 0 spiro atoms. The van der Waals surface area contributed by atoms with Gasteiger partial charge in [0.15, 0.2) is 0 Å². The Hall–Kier alpha value is -0.350. The van der Waals surface area contributed by atoms with Gasteiger partial charge in [-0.05, 0) is 12.5 Å². The van der Waals surface area contributed by atoms with Crippen molar-refractivity contribution in [2.24, 2.45) is 5.73 Å². The van der Waals surface area contributed by atoms with Crippen molar-refractivity contribution in [1.82, 2.24) is 0 Å². The van der Waals surface area contributed by atoms with Crippen molar-refractivity contribution >= 4 is 24.0 Å². The Morgan fingerprint density at radius 1 is 1.53 bits per heavy atom. The van der Waals surface area contributed by atoms with Crippen LogP contribution in [0.25, 0.3) is 0 Å². The highest BCUT2D eigenvalue weighted by atomic mass is 35.5. The van der Waals surface area contributed by atoms with Gasteiger partial charge in [-0.3, -0.25) is 0 Å². The molecule has 0 saturated carbocycles. The Labute approximate surface area is 99.6 Å². The maximum Gasteiger partial charge on any atom is 0.146 e. The average molecular weight is 254 g/mol. The van der Waals surface area contributed by atoms with E-state index in [1.165, 1.54) is 12.1 Å². The van der Waals surface area contributed by atoms with Crippen molar-refractivity contribution < 1.29 is 9.50 Å². The van der Waals surface area contributed by atoms with E-state index in [9.17, 15) is 9.50 Å². The highest BCUT2D eigenvalue weighted by Crippen LogP contribution is 2.24. The van der Waals surface area contributed by atoms with Gasteiger partial charge in [0.1, 0.15) is 5.82 Å². The third-order valence-corrected chi connectivity index (χ3v) is 2.47. The molecule has 0 amide bonds. The standard InChI is InChI=1S/C10H13ClFNO.ClH/c1-2-8(14)10(13)6-4-3-5-7(11)9(6)12;/h3-5,8,10,14H,2,13H2,1H3;1H/t8-,10+;/m0./s1. The average Bonchev–Trinajstić information content (AvgIpc) is 2.20. The van der Waals surface area contributed by atoms with Crippen molar-refractivity contribution in [3.63, 3.8) is 0 Å². The number of aliphatic hydroxyl groups is 1. The summed E-state index contributed by atoms with van der Waals surface area (Å²) >= 11 is 5.59. The number of rotatable bonds is 3. The quantitative estimate of drug-likeness (QED) is 0.871. The maximum absolute atomic E-state index is 13.4. The largest absolute Gasteiger partial charge is 0.391 e.